The Kier molecular flexibility index (Phi) is 4.62. The summed E-state index contributed by atoms with van der Waals surface area (Å²) in [7, 11) is 3.27. The minimum Gasteiger partial charge on any atom is -0.497 e. The second-order valence-corrected chi connectivity index (χ2v) is 5.06. The van der Waals surface area contributed by atoms with E-state index < -0.39 is 0 Å². The number of amides is 1. The number of aliphatic imine (C=N–C) groups is 1. The Bertz CT molecular complexity index is 584. The van der Waals surface area contributed by atoms with Crippen LogP contribution in [-0.4, -0.2) is 37.2 Å². The van der Waals surface area contributed by atoms with Crippen molar-refractivity contribution >= 4 is 11.6 Å². The molecule has 0 saturated carbocycles. The number of piperidine rings is 1. The van der Waals surface area contributed by atoms with Crippen LogP contribution in [0.5, 0.6) is 5.75 Å². The largest absolute Gasteiger partial charge is 0.497 e. The summed E-state index contributed by atoms with van der Waals surface area (Å²) in [5.41, 5.74) is 8.93. The molecule has 1 fully saturated rings. The molecule has 2 rings (SSSR count). The third kappa shape index (κ3) is 3.24. The molecule has 0 unspecified atom stereocenters. The summed E-state index contributed by atoms with van der Waals surface area (Å²) in [5.74, 6) is 0.753. The molecular formula is C16H21N3O2. The lowest BCUT2D eigenvalue weighted by atomic mass is 9.98. The first kappa shape index (κ1) is 15.1. The number of hydrogen-bond donors (Lipinski definition) is 1. The minimum atomic E-state index is -0.0561. The molecule has 1 aliphatic heterocycles. The van der Waals surface area contributed by atoms with Gasteiger partial charge < -0.3 is 15.4 Å². The van der Waals surface area contributed by atoms with Crippen LogP contribution in [0.1, 0.15) is 18.9 Å². The van der Waals surface area contributed by atoms with Gasteiger partial charge in [-0.2, -0.15) is 0 Å². The molecule has 0 bridgehead atoms. The van der Waals surface area contributed by atoms with Crippen LogP contribution in [0.2, 0.25) is 0 Å². The van der Waals surface area contributed by atoms with Crippen LogP contribution < -0.4 is 10.5 Å². The van der Waals surface area contributed by atoms with Gasteiger partial charge in [-0.05, 0) is 31.0 Å². The van der Waals surface area contributed by atoms with Crippen molar-refractivity contribution in [3.63, 3.8) is 0 Å². The molecule has 1 heterocycles. The first-order valence-corrected chi connectivity index (χ1v) is 6.91. The predicted molar refractivity (Wildman–Crippen MR) is 83.3 cm³/mol. The highest BCUT2D eigenvalue weighted by Gasteiger charge is 2.28. The molecule has 21 heavy (non-hydrogen) atoms. The van der Waals surface area contributed by atoms with Gasteiger partial charge in [0.15, 0.2) is 0 Å². The number of hydrogen-bond acceptors (Lipinski definition) is 4. The third-order valence-electron chi connectivity index (χ3n) is 3.64. The zero-order chi connectivity index (χ0) is 15.4. The second kappa shape index (κ2) is 6.43. The molecule has 1 aromatic rings. The summed E-state index contributed by atoms with van der Waals surface area (Å²) in [5, 5.41) is 0. The molecule has 0 spiro atoms. The first-order chi connectivity index (χ1) is 10.1. The van der Waals surface area contributed by atoms with Gasteiger partial charge in [-0.3, -0.25) is 9.79 Å². The lowest BCUT2D eigenvalue weighted by Crippen LogP contribution is -2.43. The molecule has 0 atom stereocenters. The summed E-state index contributed by atoms with van der Waals surface area (Å²) in [6, 6.07) is 7.73. The maximum absolute atomic E-state index is 12.5. The average molecular weight is 287 g/mol. The molecule has 1 saturated heterocycles. The van der Waals surface area contributed by atoms with Gasteiger partial charge in [0.2, 0.25) is 0 Å². The lowest BCUT2D eigenvalue weighted by Gasteiger charge is -2.30. The maximum atomic E-state index is 12.5. The molecule has 0 aliphatic carbocycles. The minimum absolute atomic E-state index is 0.0561. The fourth-order valence-electron chi connectivity index (χ4n) is 2.46. The van der Waals surface area contributed by atoms with Gasteiger partial charge in [0.1, 0.15) is 11.5 Å². The van der Waals surface area contributed by atoms with E-state index in [4.69, 9.17) is 10.5 Å². The standard InChI is InChI=1S/C16H21N3O2/c1-11(17)14-8-9-19(16(20)15(14)18-2)10-12-4-6-13(21-3)7-5-12/h4-7H,8-10,17H2,1-3H3. The van der Waals surface area contributed by atoms with E-state index in [2.05, 4.69) is 4.99 Å². The van der Waals surface area contributed by atoms with Crippen molar-refractivity contribution in [3.05, 3.63) is 41.1 Å². The van der Waals surface area contributed by atoms with Crippen molar-refractivity contribution in [2.45, 2.75) is 19.9 Å². The molecule has 2 N–H and O–H groups in total. The molecule has 112 valence electrons. The van der Waals surface area contributed by atoms with Crippen molar-refractivity contribution < 1.29 is 9.53 Å². The molecule has 1 amide bonds. The van der Waals surface area contributed by atoms with E-state index in [1.54, 1.807) is 19.1 Å². The van der Waals surface area contributed by atoms with Crippen molar-refractivity contribution in [3.8, 4) is 5.75 Å². The van der Waals surface area contributed by atoms with Crippen LogP contribution in [-0.2, 0) is 11.3 Å². The Morgan fingerprint density at radius 3 is 2.57 bits per heavy atom. The molecule has 5 nitrogen and oxygen atoms in total. The summed E-state index contributed by atoms with van der Waals surface area (Å²) < 4.78 is 5.14. The summed E-state index contributed by atoms with van der Waals surface area (Å²) in [6.45, 7) is 3.04. The average Bonchev–Trinajstić information content (AvgIpc) is 2.49. The van der Waals surface area contributed by atoms with E-state index >= 15 is 0 Å². The number of allylic oxidation sites excluding steroid dienone is 1. The predicted octanol–water partition coefficient (Wildman–Crippen LogP) is 1.73. The molecule has 0 aromatic heterocycles. The number of methoxy groups -OCH3 is 1. The molecule has 5 heteroatoms. The van der Waals surface area contributed by atoms with Crippen LogP contribution in [0.25, 0.3) is 0 Å². The van der Waals surface area contributed by atoms with Crippen LogP contribution in [0.4, 0.5) is 0 Å². The number of carbonyl (C=O) groups is 1. The number of likely N-dealkylation sites (tertiary alicyclic amines) is 1. The van der Waals surface area contributed by atoms with E-state index in [1.165, 1.54) is 0 Å². The quantitative estimate of drug-likeness (QED) is 0.920. The second-order valence-electron chi connectivity index (χ2n) is 5.06. The number of nitrogens with two attached hydrogens (primary N) is 1. The molecule has 1 aliphatic rings. The van der Waals surface area contributed by atoms with E-state index in [0.29, 0.717) is 24.5 Å². The van der Waals surface area contributed by atoms with E-state index in [0.717, 1.165) is 23.3 Å². The van der Waals surface area contributed by atoms with E-state index in [-0.39, 0.29) is 5.91 Å². The van der Waals surface area contributed by atoms with Gasteiger partial charge in [-0.25, -0.2) is 0 Å². The van der Waals surface area contributed by atoms with Gasteiger partial charge in [0.05, 0.1) is 7.11 Å². The fraction of sp³-hybridized carbons (Fsp3) is 0.375. The van der Waals surface area contributed by atoms with Crippen molar-refractivity contribution in [2.75, 3.05) is 20.7 Å². The van der Waals surface area contributed by atoms with Crippen molar-refractivity contribution in [2.24, 2.45) is 10.7 Å². The van der Waals surface area contributed by atoms with Crippen molar-refractivity contribution in [1.29, 1.82) is 0 Å². The van der Waals surface area contributed by atoms with Gasteiger partial charge in [-0.1, -0.05) is 12.1 Å². The summed E-state index contributed by atoms with van der Waals surface area (Å²) in [4.78, 5) is 18.4. The van der Waals surface area contributed by atoms with Crippen LogP contribution in [0, 0.1) is 0 Å². The monoisotopic (exact) mass is 287 g/mol. The highest BCUT2D eigenvalue weighted by atomic mass is 16.5. The molecule has 1 aromatic carbocycles. The van der Waals surface area contributed by atoms with Gasteiger partial charge in [0.25, 0.3) is 5.91 Å². The normalized spacial score (nSPS) is 19.9. The lowest BCUT2D eigenvalue weighted by molar-refractivity contribution is -0.125. The summed E-state index contributed by atoms with van der Waals surface area (Å²) in [6.07, 6.45) is 0.747. The zero-order valence-electron chi connectivity index (χ0n) is 12.7. The smallest absolute Gasteiger partial charge is 0.272 e. The first-order valence-electron chi connectivity index (χ1n) is 6.91. The van der Waals surface area contributed by atoms with E-state index in [9.17, 15) is 4.79 Å². The van der Waals surface area contributed by atoms with E-state index in [1.807, 2.05) is 31.2 Å². The number of ether oxygens (including phenoxy) is 1. The highest BCUT2D eigenvalue weighted by Crippen LogP contribution is 2.20. The number of benzene rings is 1. The Balaban J connectivity index is 2.15. The Morgan fingerprint density at radius 1 is 1.38 bits per heavy atom. The van der Waals surface area contributed by atoms with Gasteiger partial charge >= 0.3 is 0 Å². The third-order valence-corrected chi connectivity index (χ3v) is 3.64. The summed E-state index contributed by atoms with van der Waals surface area (Å²) >= 11 is 0. The molecule has 0 radical (unpaired) electrons. The van der Waals surface area contributed by atoms with Crippen molar-refractivity contribution in [1.82, 2.24) is 4.90 Å². The Labute approximate surface area is 125 Å². The number of rotatable bonds is 3. The number of nitrogens with zero attached hydrogens (tertiary/aromatic N) is 2. The SMILES string of the molecule is CN=C1C(=O)N(Cc2ccc(OC)cc2)CCC1=C(C)N. The van der Waals surface area contributed by atoms with Crippen LogP contribution in [0.3, 0.4) is 0 Å². The van der Waals surface area contributed by atoms with Gasteiger partial charge in [0, 0.05) is 31.4 Å². The Hall–Kier alpha value is -2.30. The topological polar surface area (TPSA) is 67.9 Å². The highest BCUT2D eigenvalue weighted by molar-refractivity contribution is 6.45. The number of carbonyl (C=O) groups excluding carboxylic acids is 1. The fourth-order valence-corrected chi connectivity index (χ4v) is 2.46. The Morgan fingerprint density at radius 2 is 2.05 bits per heavy atom. The van der Waals surface area contributed by atoms with Crippen LogP contribution in [0.15, 0.2) is 40.5 Å². The van der Waals surface area contributed by atoms with Crippen LogP contribution >= 0.6 is 0 Å². The molecular weight excluding hydrogens is 266 g/mol. The maximum Gasteiger partial charge on any atom is 0.272 e. The van der Waals surface area contributed by atoms with Gasteiger partial charge in [-0.15, -0.1) is 0 Å². The zero-order valence-corrected chi connectivity index (χ0v) is 12.7.